The summed E-state index contributed by atoms with van der Waals surface area (Å²) in [4.78, 5) is 51.4. The molecule has 164 valence electrons. The Bertz CT molecular complexity index is 1120. The van der Waals surface area contributed by atoms with Gasteiger partial charge in [-0.1, -0.05) is 34.1 Å². The Morgan fingerprint density at radius 1 is 1.06 bits per heavy atom. The van der Waals surface area contributed by atoms with Gasteiger partial charge in [0.1, 0.15) is 0 Å². The molecule has 0 unspecified atom stereocenters. The number of hydrogen-bond donors (Lipinski definition) is 1. The highest BCUT2D eigenvalue weighted by atomic mass is 79.9. The van der Waals surface area contributed by atoms with Gasteiger partial charge in [-0.05, 0) is 61.7 Å². The van der Waals surface area contributed by atoms with Crippen LogP contribution in [0.5, 0.6) is 0 Å². The van der Waals surface area contributed by atoms with Crippen LogP contribution in [0.1, 0.15) is 28.8 Å². The van der Waals surface area contributed by atoms with Gasteiger partial charge in [0.25, 0.3) is 5.91 Å². The topological polar surface area (TPSA) is 92.8 Å². The second-order valence-electron chi connectivity index (χ2n) is 7.80. The fraction of sp³-hybridized carbons (Fsp3) is 0.250. The molecule has 4 rings (SSSR count). The van der Waals surface area contributed by atoms with Crippen molar-refractivity contribution in [3.8, 4) is 0 Å². The van der Waals surface area contributed by atoms with E-state index in [0.717, 1.165) is 14.9 Å². The molecule has 1 heterocycles. The van der Waals surface area contributed by atoms with E-state index in [-0.39, 0.29) is 29.2 Å². The van der Waals surface area contributed by atoms with E-state index in [4.69, 9.17) is 4.74 Å². The molecule has 0 radical (unpaired) electrons. The zero-order valence-corrected chi connectivity index (χ0v) is 18.9. The van der Waals surface area contributed by atoms with Crippen molar-refractivity contribution in [2.24, 2.45) is 11.8 Å². The SMILES string of the molecule is Cc1cc(Br)ccc1NC(=O)COC(=O)c1cccc(N2C(=O)[C@H]3CC=CC[C@H]3C2=O)c1. The van der Waals surface area contributed by atoms with Crippen LogP contribution in [-0.4, -0.2) is 30.3 Å². The van der Waals surface area contributed by atoms with Gasteiger partial charge in [0, 0.05) is 10.2 Å². The van der Waals surface area contributed by atoms with Crippen LogP contribution in [0.2, 0.25) is 0 Å². The molecule has 7 nitrogen and oxygen atoms in total. The number of nitrogens with one attached hydrogen (secondary N) is 1. The maximum absolute atomic E-state index is 12.8. The van der Waals surface area contributed by atoms with Crippen molar-refractivity contribution in [1.29, 1.82) is 0 Å². The van der Waals surface area contributed by atoms with Gasteiger partial charge >= 0.3 is 5.97 Å². The smallest absolute Gasteiger partial charge is 0.338 e. The molecule has 3 amide bonds. The fourth-order valence-corrected chi connectivity index (χ4v) is 4.47. The van der Waals surface area contributed by atoms with Gasteiger partial charge in [-0.2, -0.15) is 0 Å². The summed E-state index contributed by atoms with van der Waals surface area (Å²) in [5.74, 6) is -2.39. The lowest BCUT2D eigenvalue weighted by Gasteiger charge is -2.15. The van der Waals surface area contributed by atoms with Crippen LogP contribution in [0.4, 0.5) is 11.4 Å². The van der Waals surface area contributed by atoms with Crippen LogP contribution in [-0.2, 0) is 19.1 Å². The third kappa shape index (κ3) is 4.36. The molecule has 1 N–H and O–H groups in total. The van der Waals surface area contributed by atoms with Crippen LogP contribution in [0.3, 0.4) is 0 Å². The average molecular weight is 497 g/mol. The van der Waals surface area contributed by atoms with Gasteiger partial charge in [0.05, 0.1) is 23.1 Å². The highest BCUT2D eigenvalue weighted by Gasteiger charge is 2.47. The summed E-state index contributed by atoms with van der Waals surface area (Å²) in [6.07, 6.45) is 4.93. The van der Waals surface area contributed by atoms with Crippen LogP contribution in [0.25, 0.3) is 0 Å². The van der Waals surface area contributed by atoms with E-state index in [2.05, 4.69) is 21.2 Å². The third-order valence-electron chi connectivity index (χ3n) is 5.64. The fourth-order valence-electron chi connectivity index (χ4n) is 3.99. The number of esters is 1. The highest BCUT2D eigenvalue weighted by molar-refractivity contribution is 9.10. The lowest BCUT2D eigenvalue weighted by atomic mass is 9.85. The van der Waals surface area contributed by atoms with Gasteiger partial charge in [0.2, 0.25) is 11.8 Å². The number of benzene rings is 2. The van der Waals surface area contributed by atoms with Crippen molar-refractivity contribution in [1.82, 2.24) is 0 Å². The molecule has 2 atom stereocenters. The monoisotopic (exact) mass is 496 g/mol. The number of aryl methyl sites for hydroxylation is 1. The summed E-state index contributed by atoms with van der Waals surface area (Å²) in [5, 5.41) is 2.70. The largest absolute Gasteiger partial charge is 0.452 e. The predicted octanol–water partition coefficient (Wildman–Crippen LogP) is 4.01. The Labute approximate surface area is 193 Å². The molecule has 2 aromatic carbocycles. The number of imide groups is 1. The van der Waals surface area contributed by atoms with Crippen molar-refractivity contribution in [3.63, 3.8) is 0 Å². The van der Waals surface area contributed by atoms with Crippen molar-refractivity contribution in [2.75, 3.05) is 16.8 Å². The van der Waals surface area contributed by atoms with Crippen LogP contribution >= 0.6 is 15.9 Å². The van der Waals surface area contributed by atoms with E-state index in [1.165, 1.54) is 12.1 Å². The van der Waals surface area contributed by atoms with E-state index < -0.39 is 18.5 Å². The summed E-state index contributed by atoms with van der Waals surface area (Å²) in [7, 11) is 0. The number of anilines is 2. The zero-order valence-electron chi connectivity index (χ0n) is 17.3. The number of halogens is 1. The summed E-state index contributed by atoms with van der Waals surface area (Å²) in [6, 6.07) is 11.6. The maximum atomic E-state index is 12.8. The highest BCUT2D eigenvalue weighted by Crippen LogP contribution is 2.37. The lowest BCUT2D eigenvalue weighted by molar-refractivity contribution is -0.122. The van der Waals surface area contributed by atoms with Crippen LogP contribution in [0, 0.1) is 18.8 Å². The molecule has 1 aliphatic carbocycles. The Kier molecular flexibility index (Phi) is 6.23. The summed E-state index contributed by atoms with van der Waals surface area (Å²) in [5.41, 5.74) is 1.98. The van der Waals surface area contributed by atoms with E-state index in [0.29, 0.717) is 24.2 Å². The molecule has 1 aliphatic heterocycles. The molecule has 0 bridgehead atoms. The first-order valence-corrected chi connectivity index (χ1v) is 11.0. The molecule has 1 saturated heterocycles. The number of hydrogen-bond acceptors (Lipinski definition) is 5. The molecule has 8 heteroatoms. The van der Waals surface area contributed by atoms with E-state index in [1.807, 2.05) is 25.1 Å². The molecule has 32 heavy (non-hydrogen) atoms. The number of ether oxygens (including phenoxy) is 1. The van der Waals surface area contributed by atoms with E-state index in [9.17, 15) is 19.2 Å². The number of rotatable bonds is 5. The molecule has 2 aliphatic rings. The van der Waals surface area contributed by atoms with Gasteiger partial charge in [-0.3, -0.25) is 19.3 Å². The Hall–Kier alpha value is -3.26. The lowest BCUT2D eigenvalue weighted by Crippen LogP contribution is -2.31. The van der Waals surface area contributed by atoms with Gasteiger partial charge < -0.3 is 10.1 Å². The van der Waals surface area contributed by atoms with Gasteiger partial charge in [-0.15, -0.1) is 0 Å². The van der Waals surface area contributed by atoms with E-state index in [1.54, 1.807) is 24.3 Å². The quantitative estimate of drug-likeness (QED) is 0.383. The summed E-state index contributed by atoms with van der Waals surface area (Å²) >= 11 is 3.36. The van der Waals surface area contributed by atoms with Crippen molar-refractivity contribution in [2.45, 2.75) is 19.8 Å². The van der Waals surface area contributed by atoms with Crippen molar-refractivity contribution in [3.05, 3.63) is 70.2 Å². The number of amides is 3. The van der Waals surface area contributed by atoms with Crippen molar-refractivity contribution >= 4 is 51.0 Å². The summed E-state index contributed by atoms with van der Waals surface area (Å²) in [6.45, 7) is 1.39. The van der Waals surface area contributed by atoms with E-state index >= 15 is 0 Å². The molecular formula is C24H21BrN2O5. The zero-order chi connectivity index (χ0) is 22.8. The summed E-state index contributed by atoms with van der Waals surface area (Å²) < 4.78 is 6.03. The normalized spacial score (nSPS) is 19.6. The first-order chi connectivity index (χ1) is 15.3. The molecule has 0 spiro atoms. The number of carbonyl (C=O) groups is 4. The Morgan fingerprint density at radius 3 is 2.41 bits per heavy atom. The minimum Gasteiger partial charge on any atom is -0.452 e. The number of allylic oxidation sites excluding steroid dienone is 2. The number of carbonyl (C=O) groups excluding carboxylic acids is 4. The van der Waals surface area contributed by atoms with Crippen LogP contribution < -0.4 is 10.2 Å². The van der Waals surface area contributed by atoms with Crippen molar-refractivity contribution < 1.29 is 23.9 Å². The third-order valence-corrected chi connectivity index (χ3v) is 6.14. The van der Waals surface area contributed by atoms with Gasteiger partial charge in [-0.25, -0.2) is 4.79 Å². The minimum absolute atomic E-state index is 0.156. The first kappa shape index (κ1) is 22.0. The second kappa shape index (κ2) is 9.08. The minimum atomic E-state index is -0.715. The molecule has 1 fully saturated rings. The number of fused-ring (bicyclic) bond motifs is 1. The first-order valence-electron chi connectivity index (χ1n) is 10.2. The molecular weight excluding hydrogens is 476 g/mol. The standard InChI is InChI=1S/C24H21BrN2O5/c1-14-11-16(25)9-10-20(14)26-21(28)13-32-24(31)15-5-4-6-17(12-15)27-22(29)18-7-2-3-8-19(18)23(27)30/h2-6,9-12,18-19H,7-8,13H2,1H3,(H,26,28)/t18-,19+. The Morgan fingerprint density at radius 2 is 1.75 bits per heavy atom. The Balaban J connectivity index is 1.41. The molecule has 2 aromatic rings. The second-order valence-corrected chi connectivity index (χ2v) is 8.72. The molecule has 0 saturated carbocycles. The van der Waals surface area contributed by atoms with Crippen LogP contribution in [0.15, 0.2) is 59.1 Å². The van der Waals surface area contributed by atoms with Gasteiger partial charge in [0.15, 0.2) is 6.61 Å². The maximum Gasteiger partial charge on any atom is 0.338 e. The predicted molar refractivity (Wildman–Crippen MR) is 122 cm³/mol. The average Bonchev–Trinajstić information content (AvgIpc) is 3.04. The molecule has 0 aromatic heterocycles. The number of nitrogens with zero attached hydrogens (tertiary/aromatic N) is 1.